The van der Waals surface area contributed by atoms with Gasteiger partial charge in [-0.15, -0.1) is 11.8 Å². The number of carbonyl (C=O) groups is 1. The number of halogens is 1. The van der Waals surface area contributed by atoms with Crippen LogP contribution >= 0.6 is 27.7 Å². The Balaban J connectivity index is 2.06. The molecule has 0 aliphatic heterocycles. The fourth-order valence-electron chi connectivity index (χ4n) is 2.88. The molecule has 1 fully saturated rings. The fraction of sp³-hybridized carbons (Fsp3) is 0.600. The number of nitrogens with zero attached hydrogens (tertiary/aromatic N) is 1. The molecule has 3 unspecified atom stereocenters. The van der Waals surface area contributed by atoms with Crippen LogP contribution in [-0.2, 0) is 4.79 Å². The molecule has 0 saturated heterocycles. The maximum Gasteiger partial charge on any atom is 0.307 e. The Morgan fingerprint density at radius 1 is 1.50 bits per heavy atom. The lowest BCUT2D eigenvalue weighted by atomic mass is 9.80. The molecule has 0 aromatic carbocycles. The molecule has 0 radical (unpaired) electrons. The van der Waals surface area contributed by atoms with Crippen molar-refractivity contribution in [3.63, 3.8) is 0 Å². The number of aromatic nitrogens is 1. The topological polar surface area (TPSA) is 50.2 Å². The Hall–Kier alpha value is -0.550. The Morgan fingerprint density at radius 3 is 2.90 bits per heavy atom. The second-order valence-electron chi connectivity index (χ2n) is 5.38. The first-order chi connectivity index (χ1) is 9.60. The highest BCUT2D eigenvalue weighted by Crippen LogP contribution is 2.41. The molecule has 0 bridgehead atoms. The molecule has 1 saturated carbocycles. The van der Waals surface area contributed by atoms with Crippen LogP contribution in [-0.4, -0.2) is 21.3 Å². The molecular formula is C15H20BrNO2S. The third kappa shape index (κ3) is 4.22. The third-order valence-electron chi connectivity index (χ3n) is 3.89. The molecule has 5 heteroatoms. The summed E-state index contributed by atoms with van der Waals surface area (Å²) in [5.74, 6) is -0.225. The highest BCUT2D eigenvalue weighted by Gasteiger charge is 2.35. The number of hydrogen-bond acceptors (Lipinski definition) is 3. The first kappa shape index (κ1) is 15.8. The van der Waals surface area contributed by atoms with Crippen molar-refractivity contribution >= 4 is 33.7 Å². The van der Waals surface area contributed by atoms with Crippen LogP contribution in [0.15, 0.2) is 27.8 Å². The van der Waals surface area contributed by atoms with Crippen LogP contribution < -0.4 is 0 Å². The van der Waals surface area contributed by atoms with Gasteiger partial charge in [-0.3, -0.25) is 4.79 Å². The zero-order valence-corrected chi connectivity index (χ0v) is 14.0. The van der Waals surface area contributed by atoms with E-state index in [-0.39, 0.29) is 11.2 Å². The monoisotopic (exact) mass is 357 g/mol. The van der Waals surface area contributed by atoms with Gasteiger partial charge in [0.05, 0.1) is 10.9 Å². The molecule has 1 aliphatic rings. The normalized spacial score (nSPS) is 26.4. The number of thioether (sulfide) groups is 1. The second-order valence-corrected chi connectivity index (χ2v) is 7.56. The van der Waals surface area contributed by atoms with Crippen molar-refractivity contribution in [2.24, 2.45) is 11.8 Å². The van der Waals surface area contributed by atoms with Gasteiger partial charge in [0.1, 0.15) is 0 Å². The summed E-state index contributed by atoms with van der Waals surface area (Å²) < 4.78 is 0.948. The van der Waals surface area contributed by atoms with Crippen LogP contribution in [0, 0.1) is 11.8 Å². The molecule has 3 nitrogen and oxygen atoms in total. The molecule has 0 spiro atoms. The van der Waals surface area contributed by atoms with Crippen LogP contribution in [0.25, 0.3) is 0 Å². The van der Waals surface area contributed by atoms with Crippen molar-refractivity contribution in [3.05, 3.63) is 22.8 Å². The molecule has 1 heterocycles. The van der Waals surface area contributed by atoms with E-state index in [9.17, 15) is 9.90 Å². The first-order valence-corrected chi connectivity index (χ1v) is 8.78. The predicted molar refractivity (Wildman–Crippen MR) is 85.0 cm³/mol. The lowest BCUT2D eigenvalue weighted by Crippen LogP contribution is -2.32. The lowest BCUT2D eigenvalue weighted by molar-refractivity contribution is -0.142. The molecule has 20 heavy (non-hydrogen) atoms. The van der Waals surface area contributed by atoms with Gasteiger partial charge in [0.2, 0.25) is 0 Å². The molecule has 1 aromatic rings. The summed E-state index contributed by atoms with van der Waals surface area (Å²) in [6.07, 6.45) is 7.00. The van der Waals surface area contributed by atoms with Crippen molar-refractivity contribution in [1.82, 2.24) is 4.98 Å². The van der Waals surface area contributed by atoms with Crippen molar-refractivity contribution in [3.8, 4) is 0 Å². The smallest absolute Gasteiger partial charge is 0.307 e. The van der Waals surface area contributed by atoms with Gasteiger partial charge in [-0.05, 0) is 53.2 Å². The summed E-state index contributed by atoms with van der Waals surface area (Å²) in [7, 11) is 0. The van der Waals surface area contributed by atoms with Gasteiger partial charge in [-0.25, -0.2) is 4.98 Å². The van der Waals surface area contributed by atoms with E-state index in [2.05, 4.69) is 27.8 Å². The van der Waals surface area contributed by atoms with Gasteiger partial charge in [-0.1, -0.05) is 19.8 Å². The summed E-state index contributed by atoms with van der Waals surface area (Å²) >= 11 is 5.00. The van der Waals surface area contributed by atoms with Gasteiger partial charge >= 0.3 is 5.97 Å². The minimum atomic E-state index is -0.658. The van der Waals surface area contributed by atoms with E-state index in [4.69, 9.17) is 0 Å². The van der Waals surface area contributed by atoms with Crippen LogP contribution in [0.1, 0.15) is 39.0 Å². The second kappa shape index (κ2) is 7.46. The van der Waals surface area contributed by atoms with Crippen LogP contribution in [0.3, 0.4) is 0 Å². The number of pyridine rings is 1. The van der Waals surface area contributed by atoms with Gasteiger partial charge in [0.25, 0.3) is 0 Å². The number of carboxylic acids is 1. The van der Waals surface area contributed by atoms with Crippen LogP contribution in [0.5, 0.6) is 0 Å². The first-order valence-electron chi connectivity index (χ1n) is 7.11. The van der Waals surface area contributed by atoms with Gasteiger partial charge in [0.15, 0.2) is 0 Å². The number of rotatable bonds is 5. The van der Waals surface area contributed by atoms with Crippen molar-refractivity contribution in [2.45, 2.75) is 49.3 Å². The predicted octanol–water partition coefficient (Wildman–Crippen LogP) is 4.61. The van der Waals surface area contributed by atoms with Gasteiger partial charge < -0.3 is 5.11 Å². The standard InChI is InChI=1S/C15H20BrNO2S/c1-2-3-10-4-6-12(15(18)19)13(8-10)20-14-7-5-11(16)9-17-14/h5,7,9-10,12-13H,2-4,6,8H2,1H3,(H,18,19). The summed E-state index contributed by atoms with van der Waals surface area (Å²) in [5.41, 5.74) is 0. The molecular weight excluding hydrogens is 338 g/mol. The molecule has 3 atom stereocenters. The van der Waals surface area contributed by atoms with Crippen LogP contribution in [0.4, 0.5) is 0 Å². The van der Waals surface area contributed by atoms with Crippen molar-refractivity contribution in [2.75, 3.05) is 0 Å². The van der Waals surface area contributed by atoms with E-state index in [0.717, 1.165) is 28.8 Å². The minimum Gasteiger partial charge on any atom is -0.481 e. The molecule has 2 rings (SSSR count). The van der Waals surface area contributed by atoms with Crippen LogP contribution in [0.2, 0.25) is 0 Å². The highest BCUT2D eigenvalue weighted by atomic mass is 79.9. The maximum absolute atomic E-state index is 11.4. The van der Waals surface area contributed by atoms with Gasteiger partial charge in [-0.2, -0.15) is 0 Å². The number of hydrogen-bond donors (Lipinski definition) is 1. The zero-order valence-electron chi connectivity index (χ0n) is 11.6. The Kier molecular flexibility index (Phi) is 5.90. The third-order valence-corrected chi connectivity index (χ3v) is 5.66. The van der Waals surface area contributed by atoms with E-state index < -0.39 is 5.97 Å². The Bertz CT molecular complexity index is 452. The minimum absolute atomic E-state index is 0.145. The summed E-state index contributed by atoms with van der Waals surface area (Å²) in [6.45, 7) is 2.20. The largest absolute Gasteiger partial charge is 0.481 e. The van der Waals surface area contributed by atoms with E-state index in [0.29, 0.717) is 5.92 Å². The van der Waals surface area contributed by atoms with Crippen molar-refractivity contribution in [1.29, 1.82) is 0 Å². The summed E-state index contributed by atoms with van der Waals surface area (Å²) in [5, 5.41) is 10.5. The highest BCUT2D eigenvalue weighted by molar-refractivity contribution is 9.10. The lowest BCUT2D eigenvalue weighted by Gasteiger charge is -2.33. The average molecular weight is 358 g/mol. The molecule has 1 aliphatic carbocycles. The molecule has 1 N–H and O–H groups in total. The van der Waals surface area contributed by atoms with Crippen molar-refractivity contribution < 1.29 is 9.90 Å². The fourth-order valence-corrected chi connectivity index (χ4v) is 4.47. The Morgan fingerprint density at radius 2 is 2.30 bits per heavy atom. The summed E-state index contributed by atoms with van der Waals surface area (Å²) in [4.78, 5) is 15.8. The average Bonchev–Trinajstić information content (AvgIpc) is 2.42. The Labute approximate surface area is 132 Å². The SMILES string of the molecule is CCCC1CCC(C(=O)O)C(Sc2ccc(Br)cn2)C1. The van der Waals surface area contributed by atoms with E-state index in [1.54, 1.807) is 18.0 Å². The number of aliphatic carboxylic acids is 1. The summed E-state index contributed by atoms with van der Waals surface area (Å²) in [6, 6.07) is 3.91. The van der Waals surface area contributed by atoms with E-state index >= 15 is 0 Å². The maximum atomic E-state index is 11.4. The molecule has 1 aromatic heterocycles. The van der Waals surface area contributed by atoms with Gasteiger partial charge in [0, 0.05) is 15.9 Å². The molecule has 0 amide bonds. The number of carboxylic acid groups (broad SMARTS) is 1. The quantitative estimate of drug-likeness (QED) is 0.835. The molecule has 110 valence electrons. The van der Waals surface area contributed by atoms with E-state index in [1.807, 2.05) is 12.1 Å². The van der Waals surface area contributed by atoms with E-state index in [1.165, 1.54) is 12.8 Å². The zero-order chi connectivity index (χ0) is 14.5.